The van der Waals surface area contributed by atoms with Gasteiger partial charge in [-0.25, -0.2) is 0 Å². The molecule has 8 heteroatoms. The van der Waals surface area contributed by atoms with Gasteiger partial charge in [-0.05, 0) is 18.1 Å². The second-order valence-electron chi connectivity index (χ2n) is 5.69. The van der Waals surface area contributed by atoms with Crippen molar-refractivity contribution in [2.75, 3.05) is 11.9 Å². The van der Waals surface area contributed by atoms with Crippen LogP contribution in [-0.2, 0) is 11.2 Å². The number of nitro groups is 1. The standard InChI is InChI=1S/C19H17N3O5/c1-2-13-7-9-14(10-8-13)15-11-19(27-21-15)20-18(23)12-26-17-6-4-3-5-16(17)22(24)25/h3-11H,2,12H2,1H3,(H,20,23). The minimum Gasteiger partial charge on any atom is -0.477 e. The van der Waals surface area contributed by atoms with Crippen LogP contribution in [0.25, 0.3) is 11.3 Å². The first-order chi connectivity index (χ1) is 13.1. The van der Waals surface area contributed by atoms with E-state index in [1.54, 1.807) is 12.1 Å². The van der Waals surface area contributed by atoms with Crippen LogP contribution in [0.3, 0.4) is 0 Å². The Hall–Kier alpha value is -3.68. The Balaban J connectivity index is 1.60. The summed E-state index contributed by atoms with van der Waals surface area (Å²) in [7, 11) is 0. The normalized spacial score (nSPS) is 10.4. The van der Waals surface area contributed by atoms with Gasteiger partial charge in [0.05, 0.1) is 4.92 Å². The number of benzene rings is 2. The summed E-state index contributed by atoms with van der Waals surface area (Å²) >= 11 is 0. The number of carbonyl (C=O) groups is 1. The molecule has 0 aliphatic carbocycles. The number of nitrogens with zero attached hydrogens (tertiary/aromatic N) is 2. The molecule has 0 spiro atoms. The first-order valence-electron chi connectivity index (χ1n) is 8.29. The number of rotatable bonds is 7. The molecule has 0 saturated heterocycles. The molecule has 0 bridgehead atoms. The van der Waals surface area contributed by atoms with Crippen molar-refractivity contribution >= 4 is 17.5 Å². The minimum absolute atomic E-state index is 0.0203. The third kappa shape index (κ3) is 4.49. The Kier molecular flexibility index (Phi) is 5.46. The average Bonchev–Trinajstić information content (AvgIpc) is 3.15. The molecule has 0 aliphatic heterocycles. The van der Waals surface area contributed by atoms with Crippen LogP contribution in [0.5, 0.6) is 5.75 Å². The zero-order valence-electron chi connectivity index (χ0n) is 14.5. The number of ether oxygens (including phenoxy) is 1. The highest BCUT2D eigenvalue weighted by Crippen LogP contribution is 2.26. The van der Waals surface area contributed by atoms with Crippen molar-refractivity contribution < 1.29 is 19.0 Å². The molecule has 0 saturated carbocycles. The van der Waals surface area contributed by atoms with Crippen LogP contribution in [-0.4, -0.2) is 22.6 Å². The molecule has 0 aliphatic rings. The van der Waals surface area contributed by atoms with Crippen LogP contribution in [0.1, 0.15) is 12.5 Å². The number of para-hydroxylation sites is 2. The first-order valence-corrected chi connectivity index (χ1v) is 8.29. The van der Waals surface area contributed by atoms with Crippen molar-refractivity contribution in [2.45, 2.75) is 13.3 Å². The molecule has 0 atom stereocenters. The van der Waals surface area contributed by atoms with E-state index < -0.39 is 17.4 Å². The maximum atomic E-state index is 12.0. The number of hydrogen-bond acceptors (Lipinski definition) is 6. The third-order valence-corrected chi connectivity index (χ3v) is 3.85. The van der Waals surface area contributed by atoms with Gasteiger partial charge in [-0.15, -0.1) is 0 Å². The van der Waals surface area contributed by atoms with Gasteiger partial charge in [0.1, 0.15) is 5.69 Å². The molecule has 0 fully saturated rings. The lowest BCUT2D eigenvalue weighted by Gasteiger charge is -2.05. The van der Waals surface area contributed by atoms with E-state index in [1.807, 2.05) is 24.3 Å². The van der Waals surface area contributed by atoms with Crippen LogP contribution < -0.4 is 10.1 Å². The summed E-state index contributed by atoms with van der Waals surface area (Å²) in [6, 6.07) is 15.3. The quantitative estimate of drug-likeness (QED) is 0.502. The van der Waals surface area contributed by atoms with Gasteiger partial charge in [0.25, 0.3) is 5.91 Å². The minimum atomic E-state index is -0.570. The average molecular weight is 367 g/mol. The van der Waals surface area contributed by atoms with Crippen molar-refractivity contribution in [3.63, 3.8) is 0 Å². The zero-order valence-corrected chi connectivity index (χ0v) is 14.5. The molecule has 3 aromatic rings. The lowest BCUT2D eigenvalue weighted by Crippen LogP contribution is -2.20. The van der Waals surface area contributed by atoms with Gasteiger partial charge in [-0.2, -0.15) is 0 Å². The summed E-state index contributed by atoms with van der Waals surface area (Å²) in [4.78, 5) is 22.4. The first kappa shape index (κ1) is 18.1. The summed E-state index contributed by atoms with van der Waals surface area (Å²) < 4.78 is 10.3. The Bertz CT molecular complexity index is 950. The number of aryl methyl sites for hydroxylation is 1. The lowest BCUT2D eigenvalue weighted by atomic mass is 10.1. The number of aromatic nitrogens is 1. The number of nitrogens with one attached hydrogen (secondary N) is 1. The third-order valence-electron chi connectivity index (χ3n) is 3.85. The second-order valence-corrected chi connectivity index (χ2v) is 5.69. The molecule has 3 rings (SSSR count). The summed E-state index contributed by atoms with van der Waals surface area (Å²) in [6.45, 7) is 1.68. The fraction of sp³-hybridized carbons (Fsp3) is 0.158. The molecule has 8 nitrogen and oxygen atoms in total. The highest BCUT2D eigenvalue weighted by Gasteiger charge is 2.16. The van der Waals surface area contributed by atoms with Crippen LogP contribution in [0.15, 0.2) is 59.1 Å². The van der Waals surface area contributed by atoms with E-state index in [0.29, 0.717) is 5.69 Å². The molecule has 1 N–H and O–H groups in total. The van der Waals surface area contributed by atoms with Crippen LogP contribution >= 0.6 is 0 Å². The number of anilines is 1. The monoisotopic (exact) mass is 367 g/mol. The smallest absolute Gasteiger partial charge is 0.310 e. The summed E-state index contributed by atoms with van der Waals surface area (Å²) in [5.74, 6) is -0.329. The zero-order chi connectivity index (χ0) is 19.2. The topological polar surface area (TPSA) is 108 Å². The second kappa shape index (κ2) is 8.13. The van der Waals surface area contributed by atoms with E-state index in [1.165, 1.54) is 23.8 Å². The largest absolute Gasteiger partial charge is 0.477 e. The van der Waals surface area contributed by atoms with E-state index in [4.69, 9.17) is 9.26 Å². The fourth-order valence-corrected chi connectivity index (χ4v) is 2.43. The summed E-state index contributed by atoms with van der Waals surface area (Å²) in [5, 5.41) is 17.4. The molecule has 1 amide bonds. The SMILES string of the molecule is CCc1ccc(-c2cc(NC(=O)COc3ccccc3[N+](=O)[O-])on2)cc1. The van der Waals surface area contributed by atoms with Gasteiger partial charge in [0.15, 0.2) is 12.4 Å². The molecule has 2 aromatic carbocycles. The van der Waals surface area contributed by atoms with Gasteiger partial charge in [0, 0.05) is 17.7 Å². The number of nitro benzene ring substituents is 1. The Morgan fingerprint density at radius 1 is 1.22 bits per heavy atom. The molecule has 1 aromatic heterocycles. The predicted molar refractivity (Wildman–Crippen MR) is 98.5 cm³/mol. The predicted octanol–water partition coefficient (Wildman–Crippen LogP) is 3.83. The Morgan fingerprint density at radius 3 is 2.67 bits per heavy atom. The van der Waals surface area contributed by atoms with Crippen LogP contribution in [0, 0.1) is 10.1 Å². The summed E-state index contributed by atoms with van der Waals surface area (Å²) in [6.07, 6.45) is 0.944. The maximum Gasteiger partial charge on any atom is 0.310 e. The van der Waals surface area contributed by atoms with Crippen LogP contribution in [0.2, 0.25) is 0 Å². The molecular formula is C19H17N3O5. The number of amides is 1. The van der Waals surface area contributed by atoms with Crippen molar-refractivity contribution in [3.8, 4) is 17.0 Å². The molecule has 0 radical (unpaired) electrons. The van der Waals surface area contributed by atoms with Crippen molar-refractivity contribution in [3.05, 3.63) is 70.3 Å². The van der Waals surface area contributed by atoms with Crippen molar-refractivity contribution in [1.29, 1.82) is 0 Å². The van der Waals surface area contributed by atoms with Gasteiger partial charge in [-0.1, -0.05) is 48.5 Å². The highest BCUT2D eigenvalue weighted by atomic mass is 16.6. The van der Waals surface area contributed by atoms with E-state index in [-0.39, 0.29) is 17.3 Å². The lowest BCUT2D eigenvalue weighted by molar-refractivity contribution is -0.385. The number of hydrogen-bond donors (Lipinski definition) is 1. The molecule has 138 valence electrons. The van der Waals surface area contributed by atoms with Crippen LogP contribution in [0.4, 0.5) is 11.6 Å². The molecule has 0 unspecified atom stereocenters. The van der Waals surface area contributed by atoms with Gasteiger partial charge in [0.2, 0.25) is 5.88 Å². The number of carbonyl (C=O) groups excluding carboxylic acids is 1. The van der Waals surface area contributed by atoms with Gasteiger partial charge < -0.3 is 9.26 Å². The van der Waals surface area contributed by atoms with Gasteiger partial charge in [-0.3, -0.25) is 20.2 Å². The molecule has 1 heterocycles. The fourth-order valence-electron chi connectivity index (χ4n) is 2.43. The Morgan fingerprint density at radius 2 is 1.96 bits per heavy atom. The van der Waals surface area contributed by atoms with E-state index in [0.717, 1.165) is 12.0 Å². The van der Waals surface area contributed by atoms with Crippen molar-refractivity contribution in [1.82, 2.24) is 5.16 Å². The summed E-state index contributed by atoms with van der Waals surface area (Å²) in [5.41, 5.74) is 2.46. The van der Waals surface area contributed by atoms with E-state index in [2.05, 4.69) is 17.4 Å². The maximum absolute atomic E-state index is 12.0. The van der Waals surface area contributed by atoms with E-state index >= 15 is 0 Å². The van der Waals surface area contributed by atoms with E-state index in [9.17, 15) is 14.9 Å². The molecule has 27 heavy (non-hydrogen) atoms. The van der Waals surface area contributed by atoms with Gasteiger partial charge >= 0.3 is 5.69 Å². The molecular weight excluding hydrogens is 350 g/mol. The Labute approximate surface area is 154 Å². The van der Waals surface area contributed by atoms with Crippen molar-refractivity contribution in [2.24, 2.45) is 0 Å². The highest BCUT2D eigenvalue weighted by molar-refractivity contribution is 5.91.